The highest BCUT2D eigenvalue weighted by molar-refractivity contribution is 7.98. The maximum absolute atomic E-state index is 12.1. The molecule has 4 rings (SSSR count). The van der Waals surface area contributed by atoms with Crippen molar-refractivity contribution in [3.05, 3.63) is 58.0 Å². The minimum absolute atomic E-state index is 0.0684. The van der Waals surface area contributed by atoms with Gasteiger partial charge in [0.25, 0.3) is 5.56 Å². The van der Waals surface area contributed by atoms with Crippen molar-refractivity contribution in [1.82, 2.24) is 24.1 Å². The number of rotatable bonds is 6. The molecule has 4 aromatic rings. The van der Waals surface area contributed by atoms with Gasteiger partial charge in [-0.25, -0.2) is 4.98 Å². The predicted molar refractivity (Wildman–Crippen MR) is 107 cm³/mol. The maximum Gasteiger partial charge on any atom is 0.258 e. The van der Waals surface area contributed by atoms with Crippen molar-refractivity contribution in [3.63, 3.8) is 0 Å². The lowest BCUT2D eigenvalue weighted by Crippen LogP contribution is -2.12. The normalized spacial score (nSPS) is 11.2. The Morgan fingerprint density at radius 1 is 1.26 bits per heavy atom. The number of nitrogens with zero attached hydrogens (tertiary/aromatic N) is 5. The van der Waals surface area contributed by atoms with E-state index in [1.165, 1.54) is 23.1 Å². The van der Waals surface area contributed by atoms with Crippen LogP contribution in [0.25, 0.3) is 16.3 Å². The fraction of sp³-hybridized carbons (Fsp3) is 0.222. The van der Waals surface area contributed by atoms with E-state index < -0.39 is 0 Å². The Hall–Kier alpha value is -2.65. The zero-order valence-electron chi connectivity index (χ0n) is 14.8. The Morgan fingerprint density at radius 3 is 2.96 bits per heavy atom. The van der Waals surface area contributed by atoms with Crippen LogP contribution in [0.5, 0.6) is 5.75 Å². The molecule has 138 valence electrons. The third-order valence-electron chi connectivity index (χ3n) is 3.97. The Balaban J connectivity index is 1.58. The van der Waals surface area contributed by atoms with E-state index in [2.05, 4.69) is 15.2 Å². The molecule has 3 aromatic heterocycles. The standard InChI is InChI=1S/C18H17N5O2S2/c1-3-25-14-7-5-4-6-13(14)16-20-21-18(22(16)2)27-11-12-10-15(24)23-8-9-26-17(23)19-12/h4-10H,3,11H2,1-2H3. The van der Waals surface area contributed by atoms with Gasteiger partial charge < -0.3 is 9.30 Å². The lowest BCUT2D eigenvalue weighted by atomic mass is 10.2. The van der Waals surface area contributed by atoms with Gasteiger partial charge in [0.15, 0.2) is 15.9 Å². The second-order valence-electron chi connectivity index (χ2n) is 5.72. The highest BCUT2D eigenvalue weighted by Crippen LogP contribution is 2.31. The third-order valence-corrected chi connectivity index (χ3v) is 5.78. The largest absolute Gasteiger partial charge is 0.493 e. The number of fused-ring (bicyclic) bond motifs is 1. The summed E-state index contributed by atoms with van der Waals surface area (Å²) in [6.07, 6.45) is 1.73. The van der Waals surface area contributed by atoms with Crippen molar-refractivity contribution < 1.29 is 4.74 Å². The van der Waals surface area contributed by atoms with E-state index in [0.717, 1.165) is 28.0 Å². The van der Waals surface area contributed by atoms with Crippen molar-refractivity contribution >= 4 is 28.1 Å². The number of hydrogen-bond donors (Lipinski definition) is 0. The van der Waals surface area contributed by atoms with Crippen molar-refractivity contribution in [2.75, 3.05) is 6.61 Å². The maximum atomic E-state index is 12.1. The smallest absolute Gasteiger partial charge is 0.258 e. The number of thioether (sulfide) groups is 1. The van der Waals surface area contributed by atoms with E-state index in [4.69, 9.17) is 4.74 Å². The quantitative estimate of drug-likeness (QED) is 0.464. The second-order valence-corrected chi connectivity index (χ2v) is 7.54. The van der Waals surface area contributed by atoms with Crippen molar-refractivity contribution in [2.24, 2.45) is 7.05 Å². The van der Waals surface area contributed by atoms with Crippen LogP contribution in [0.15, 0.2) is 51.9 Å². The molecule has 7 nitrogen and oxygen atoms in total. The highest BCUT2D eigenvalue weighted by Gasteiger charge is 2.15. The van der Waals surface area contributed by atoms with Crippen LogP contribution in [0.1, 0.15) is 12.6 Å². The fourth-order valence-electron chi connectivity index (χ4n) is 2.71. The van der Waals surface area contributed by atoms with E-state index in [-0.39, 0.29) is 5.56 Å². The first-order valence-electron chi connectivity index (χ1n) is 8.37. The summed E-state index contributed by atoms with van der Waals surface area (Å²) in [5.41, 5.74) is 1.56. The lowest BCUT2D eigenvalue weighted by Gasteiger charge is -2.09. The fourth-order valence-corrected chi connectivity index (χ4v) is 4.25. The zero-order chi connectivity index (χ0) is 18.8. The number of ether oxygens (including phenoxy) is 1. The molecule has 3 heterocycles. The summed E-state index contributed by atoms with van der Waals surface area (Å²) in [5, 5.41) is 11.2. The first kappa shape index (κ1) is 17.7. The Bertz CT molecular complexity index is 1150. The number of para-hydroxylation sites is 1. The molecular formula is C18H17N5O2S2. The lowest BCUT2D eigenvalue weighted by molar-refractivity contribution is 0.341. The molecule has 9 heteroatoms. The van der Waals surface area contributed by atoms with E-state index >= 15 is 0 Å². The van der Waals surface area contributed by atoms with Crippen LogP contribution in [-0.4, -0.2) is 30.8 Å². The molecule has 0 spiro atoms. The monoisotopic (exact) mass is 399 g/mol. The topological polar surface area (TPSA) is 74.3 Å². The summed E-state index contributed by atoms with van der Waals surface area (Å²) in [6.45, 7) is 2.54. The van der Waals surface area contributed by atoms with Gasteiger partial charge in [-0.2, -0.15) is 0 Å². The molecule has 1 aromatic carbocycles. The van der Waals surface area contributed by atoms with Crippen LogP contribution in [0, 0.1) is 0 Å². The van der Waals surface area contributed by atoms with Crippen LogP contribution < -0.4 is 10.3 Å². The zero-order valence-corrected chi connectivity index (χ0v) is 16.5. The van der Waals surface area contributed by atoms with Gasteiger partial charge in [-0.05, 0) is 19.1 Å². The molecule has 0 atom stereocenters. The summed E-state index contributed by atoms with van der Waals surface area (Å²) in [5.74, 6) is 2.07. The van der Waals surface area contributed by atoms with Gasteiger partial charge in [0.2, 0.25) is 0 Å². The average molecular weight is 400 g/mol. The summed E-state index contributed by atoms with van der Waals surface area (Å²) in [4.78, 5) is 17.3. The molecule has 0 saturated carbocycles. The number of thiazole rings is 1. The summed E-state index contributed by atoms with van der Waals surface area (Å²) in [7, 11) is 1.92. The molecule has 0 amide bonds. The molecule has 0 unspecified atom stereocenters. The minimum atomic E-state index is -0.0684. The molecular weight excluding hydrogens is 382 g/mol. The number of aromatic nitrogens is 5. The Labute approximate surface area is 163 Å². The Kier molecular flexibility index (Phi) is 4.95. The first-order valence-corrected chi connectivity index (χ1v) is 10.2. The van der Waals surface area contributed by atoms with E-state index in [1.54, 1.807) is 16.7 Å². The first-order chi connectivity index (χ1) is 13.2. The van der Waals surface area contributed by atoms with Crippen molar-refractivity contribution in [2.45, 2.75) is 17.8 Å². The Morgan fingerprint density at radius 2 is 2.11 bits per heavy atom. The summed E-state index contributed by atoms with van der Waals surface area (Å²) in [6, 6.07) is 9.34. The molecule has 0 fully saturated rings. The summed E-state index contributed by atoms with van der Waals surface area (Å²) >= 11 is 2.94. The van der Waals surface area contributed by atoms with Crippen LogP contribution in [0.4, 0.5) is 0 Å². The minimum Gasteiger partial charge on any atom is -0.493 e. The van der Waals surface area contributed by atoms with Gasteiger partial charge in [0, 0.05) is 30.4 Å². The van der Waals surface area contributed by atoms with Crippen LogP contribution >= 0.6 is 23.1 Å². The molecule has 0 bridgehead atoms. The molecule has 0 radical (unpaired) electrons. The average Bonchev–Trinajstić information content (AvgIpc) is 3.28. The van der Waals surface area contributed by atoms with Gasteiger partial charge in [-0.15, -0.1) is 21.5 Å². The SMILES string of the molecule is CCOc1ccccc1-c1nnc(SCc2cc(=O)n3ccsc3n2)n1C. The predicted octanol–water partition coefficient (Wildman–Crippen LogP) is 3.24. The van der Waals surface area contributed by atoms with Gasteiger partial charge in [-0.1, -0.05) is 23.9 Å². The van der Waals surface area contributed by atoms with E-state index in [1.807, 2.05) is 48.2 Å². The summed E-state index contributed by atoms with van der Waals surface area (Å²) < 4.78 is 9.17. The van der Waals surface area contributed by atoms with E-state index in [0.29, 0.717) is 17.3 Å². The molecule has 0 aliphatic rings. The number of benzene rings is 1. The van der Waals surface area contributed by atoms with Gasteiger partial charge in [0.1, 0.15) is 5.75 Å². The van der Waals surface area contributed by atoms with Gasteiger partial charge >= 0.3 is 0 Å². The van der Waals surface area contributed by atoms with Crippen molar-refractivity contribution in [3.8, 4) is 17.1 Å². The van der Waals surface area contributed by atoms with Crippen LogP contribution in [-0.2, 0) is 12.8 Å². The second kappa shape index (κ2) is 7.53. The number of hydrogen-bond acceptors (Lipinski definition) is 7. The van der Waals surface area contributed by atoms with Crippen molar-refractivity contribution in [1.29, 1.82) is 0 Å². The van der Waals surface area contributed by atoms with Crippen LogP contribution in [0.2, 0.25) is 0 Å². The molecule has 0 saturated heterocycles. The molecule has 0 aliphatic carbocycles. The van der Waals surface area contributed by atoms with E-state index in [9.17, 15) is 4.79 Å². The van der Waals surface area contributed by atoms with Gasteiger partial charge in [-0.3, -0.25) is 9.20 Å². The third kappa shape index (κ3) is 3.47. The molecule has 27 heavy (non-hydrogen) atoms. The highest BCUT2D eigenvalue weighted by atomic mass is 32.2. The molecule has 0 aliphatic heterocycles. The van der Waals surface area contributed by atoms with Crippen LogP contribution in [0.3, 0.4) is 0 Å². The molecule has 0 N–H and O–H groups in total. The van der Waals surface area contributed by atoms with Gasteiger partial charge in [0.05, 0.1) is 17.9 Å².